The molecule has 2 aliphatic rings. The van der Waals surface area contributed by atoms with Crippen LogP contribution in [0.15, 0.2) is 108 Å². The van der Waals surface area contributed by atoms with Crippen molar-refractivity contribution in [2.24, 2.45) is 0 Å². The third kappa shape index (κ3) is 6.83. The third-order valence-electron chi connectivity index (χ3n) is 12.1. The Morgan fingerprint density at radius 2 is 0.762 bits per heavy atom. The van der Waals surface area contributed by atoms with Gasteiger partial charge in [0, 0.05) is 48.7 Å². The van der Waals surface area contributed by atoms with Crippen LogP contribution in [0.25, 0.3) is 89.7 Å². The molecule has 8 aromatic rings. The molecule has 0 aliphatic carbocycles. The van der Waals surface area contributed by atoms with Crippen molar-refractivity contribution in [1.82, 2.24) is 38.9 Å². The van der Waals surface area contributed by atoms with Crippen molar-refractivity contribution in [3.63, 3.8) is 0 Å². The van der Waals surface area contributed by atoms with Crippen molar-refractivity contribution in [2.75, 3.05) is 0 Å². The lowest BCUT2D eigenvalue weighted by Crippen LogP contribution is -2.32. The normalized spacial score (nSPS) is 13.1. The number of hydrogen-bond acceptors (Lipinski definition) is 7. The maximum Gasteiger partial charge on any atom is 0.164 e. The number of hydrogen-bond donors (Lipinski definition) is 1. The summed E-state index contributed by atoms with van der Waals surface area (Å²) in [6.45, 7) is 28.3. The molecule has 8 nitrogen and oxygen atoms in total. The van der Waals surface area contributed by atoms with E-state index >= 15 is 0 Å². The molecule has 5 heterocycles. The van der Waals surface area contributed by atoms with Crippen LogP contribution in [-0.2, 0) is 21.7 Å². The van der Waals surface area contributed by atoms with Crippen molar-refractivity contribution in [3.8, 4) is 45.6 Å². The predicted molar refractivity (Wildman–Crippen MR) is 262 cm³/mol. The molecular weight excluding hydrogens is 793 g/mol. The van der Waals surface area contributed by atoms with Gasteiger partial charge in [-0.05, 0) is 61.9 Å². The lowest BCUT2D eigenvalue weighted by molar-refractivity contribution is 0.470. The van der Waals surface area contributed by atoms with Gasteiger partial charge in [0.1, 0.15) is 11.3 Å². The zero-order valence-electron chi connectivity index (χ0n) is 38.4. The fraction of sp³-hybridized carbons (Fsp3) is 0.296. The van der Waals surface area contributed by atoms with E-state index in [4.69, 9.17) is 29.9 Å². The van der Waals surface area contributed by atoms with Crippen LogP contribution in [-0.4, -0.2) is 38.9 Å². The van der Waals surface area contributed by atoms with Crippen LogP contribution in [0.2, 0.25) is 0 Å². The second kappa shape index (κ2) is 14.2. The summed E-state index contributed by atoms with van der Waals surface area (Å²) in [5, 5.41) is 3.83. The number of nitrogens with zero attached hydrogens (tertiary/aromatic N) is 7. The summed E-state index contributed by atoms with van der Waals surface area (Å²) in [5.74, 6) is 2.37. The molecule has 1 N–H and O–H groups in total. The monoisotopic (exact) mass is 846 g/mol. The van der Waals surface area contributed by atoms with E-state index in [1.807, 2.05) is 36.4 Å². The summed E-state index contributed by atoms with van der Waals surface area (Å²) in [6, 6.07) is 35.6. The molecule has 0 saturated carbocycles. The quantitative estimate of drug-likeness (QED) is 0.185. The van der Waals surface area contributed by atoms with Gasteiger partial charge in [-0.3, -0.25) is 0 Å². The average Bonchev–Trinajstić information content (AvgIpc) is 3.94. The van der Waals surface area contributed by atoms with Gasteiger partial charge in [0.05, 0.1) is 0 Å². The van der Waals surface area contributed by atoms with Crippen LogP contribution in [0.1, 0.15) is 105 Å². The average molecular weight is 847 g/mol. The van der Waals surface area contributed by atoms with Gasteiger partial charge in [-0.15, -0.1) is 0 Å². The van der Waals surface area contributed by atoms with E-state index in [1.54, 1.807) is 11.9 Å². The minimum atomic E-state index is -0.212. The second-order valence-electron chi connectivity index (χ2n) is 21.0. The highest BCUT2D eigenvalue weighted by Gasteiger charge is 2.38. The number of aromatic nitrogens is 8. The smallest absolute Gasteiger partial charge is 0.164 e. The summed E-state index contributed by atoms with van der Waals surface area (Å²) >= 11 is 1.70. The first-order valence-corrected chi connectivity index (χ1v) is 22.7. The minimum Gasteiger partial charge on any atom is -0.324 e. The van der Waals surface area contributed by atoms with Crippen molar-refractivity contribution in [1.29, 1.82) is 0 Å². The summed E-state index contributed by atoms with van der Waals surface area (Å²) in [4.78, 5) is 36.9. The van der Waals surface area contributed by atoms with E-state index in [2.05, 4.69) is 159 Å². The molecule has 3 aromatic heterocycles. The number of rotatable bonds is 2. The van der Waals surface area contributed by atoms with Crippen LogP contribution < -0.4 is 0 Å². The van der Waals surface area contributed by atoms with Gasteiger partial charge in [-0.1, -0.05) is 180 Å². The van der Waals surface area contributed by atoms with E-state index in [1.165, 1.54) is 27.1 Å². The molecule has 5 aromatic carbocycles. The van der Waals surface area contributed by atoms with E-state index in [0.29, 0.717) is 34.6 Å². The van der Waals surface area contributed by atoms with E-state index in [-0.39, 0.29) is 21.7 Å². The maximum atomic E-state index is 5.60. The first-order valence-electron chi connectivity index (χ1n) is 21.9. The predicted octanol–water partition coefficient (Wildman–Crippen LogP) is 14.1. The van der Waals surface area contributed by atoms with Crippen molar-refractivity contribution < 1.29 is 0 Å². The second-order valence-corrected chi connectivity index (χ2v) is 22.0. The summed E-state index contributed by atoms with van der Waals surface area (Å²) in [5.41, 5.74) is 11.4. The zero-order valence-corrected chi connectivity index (χ0v) is 39.2. The molecule has 0 unspecified atom stereocenters. The molecule has 0 spiro atoms. The van der Waals surface area contributed by atoms with Gasteiger partial charge in [-0.2, -0.15) is 0 Å². The van der Waals surface area contributed by atoms with E-state index < -0.39 is 0 Å². The molecule has 0 radical (unpaired) electrons. The molecule has 9 heteroatoms. The van der Waals surface area contributed by atoms with E-state index in [0.717, 1.165) is 55.1 Å². The molecular formula is C54H54N8S. The van der Waals surface area contributed by atoms with Gasteiger partial charge < -0.3 is 4.98 Å². The maximum absolute atomic E-state index is 5.60. The molecule has 0 atom stereocenters. The van der Waals surface area contributed by atoms with Crippen LogP contribution in [0.4, 0.5) is 0 Å². The van der Waals surface area contributed by atoms with Gasteiger partial charge in [-0.25, -0.2) is 33.9 Å². The first-order chi connectivity index (χ1) is 29.8. The lowest BCUT2D eigenvalue weighted by Gasteiger charge is -2.41. The Kier molecular flexibility index (Phi) is 9.18. The van der Waals surface area contributed by atoms with Gasteiger partial charge >= 0.3 is 0 Å². The Morgan fingerprint density at radius 1 is 0.397 bits per heavy atom. The van der Waals surface area contributed by atoms with Crippen molar-refractivity contribution in [3.05, 3.63) is 125 Å². The molecule has 8 bridgehead atoms. The molecule has 63 heavy (non-hydrogen) atoms. The van der Waals surface area contributed by atoms with Crippen molar-refractivity contribution in [2.45, 2.75) is 110 Å². The Bertz CT molecular complexity index is 3200. The largest absolute Gasteiger partial charge is 0.324 e. The van der Waals surface area contributed by atoms with Crippen molar-refractivity contribution >= 4 is 56.1 Å². The third-order valence-corrected chi connectivity index (χ3v) is 13.2. The minimum absolute atomic E-state index is 0.104. The summed E-state index contributed by atoms with van der Waals surface area (Å²) in [6.07, 6.45) is 0. The fourth-order valence-corrected chi connectivity index (χ4v) is 10.8. The number of fused-ring (bicyclic) bond motifs is 20. The number of benzene rings is 5. The zero-order chi connectivity index (χ0) is 44.4. The van der Waals surface area contributed by atoms with E-state index in [9.17, 15) is 0 Å². The lowest BCUT2D eigenvalue weighted by atomic mass is 9.64. The SMILES string of the molecule is CC(C)(C)c1cc(Sn2c3nc4nc(nc5[nH]c(nc6nc(nc2c2ccccc23)-c2ccccc2-6)c2ccccc52)-c2ccccc2-4)c(C(C)(C)C)c(C(C)(C)C)c1C(C)(C)C. The number of nitrogens with one attached hydrogen (secondary N) is 1. The Balaban J connectivity index is 1.41. The number of aromatic amines is 1. The highest BCUT2D eigenvalue weighted by Crippen LogP contribution is 2.50. The fourth-order valence-electron chi connectivity index (χ4n) is 9.44. The molecule has 10 rings (SSSR count). The van der Waals surface area contributed by atoms with Crippen LogP contribution in [0, 0.1) is 0 Å². The summed E-state index contributed by atoms with van der Waals surface area (Å²) < 4.78 is 2.24. The molecule has 0 amide bonds. The standard InChI is InChI=1S/C54H54N8S/c1-51(2,3)38-29-39(41(53(7,8)9)42(54(10,11)12)40(38)52(4,5)6)63-62-49-36-27-19-20-28-37(36)50(62)61-48-35-26-18-16-24-33(35)46(59-48)57-44-31-22-14-13-21-30(31)43(55-44)56-45-32-23-15-17-25-34(32)47(58-45)60-49/h13-29H,1-12H3,(H,55,56,57,58,59,60,61). The molecule has 316 valence electrons. The molecule has 0 fully saturated rings. The molecule has 2 aliphatic heterocycles. The topological polar surface area (TPSA) is 98.1 Å². The van der Waals surface area contributed by atoms with Crippen LogP contribution in [0.5, 0.6) is 0 Å². The Labute approximate surface area is 373 Å². The highest BCUT2D eigenvalue weighted by atomic mass is 32.2. The summed E-state index contributed by atoms with van der Waals surface area (Å²) in [7, 11) is 0. The highest BCUT2D eigenvalue weighted by molar-refractivity contribution is 7.98. The first kappa shape index (κ1) is 40.9. The van der Waals surface area contributed by atoms with Crippen LogP contribution in [0.3, 0.4) is 0 Å². The number of H-pyrrole nitrogens is 1. The Morgan fingerprint density at radius 3 is 1.14 bits per heavy atom. The van der Waals surface area contributed by atoms with Crippen LogP contribution >= 0.6 is 11.9 Å². The van der Waals surface area contributed by atoms with Gasteiger partial charge in [0.25, 0.3) is 0 Å². The van der Waals surface area contributed by atoms with Gasteiger partial charge in [0.2, 0.25) is 0 Å². The van der Waals surface area contributed by atoms with Gasteiger partial charge in [0.15, 0.2) is 34.6 Å². The Hall–Kier alpha value is -6.19. The molecule has 0 saturated heterocycles.